The van der Waals surface area contributed by atoms with Crippen LogP contribution in [0.2, 0.25) is 0 Å². The predicted octanol–water partition coefficient (Wildman–Crippen LogP) is 3.66. The van der Waals surface area contributed by atoms with Crippen molar-refractivity contribution in [2.75, 3.05) is 13.7 Å². The average Bonchev–Trinajstić information content (AvgIpc) is 3.48. The quantitative estimate of drug-likeness (QED) is 0.616. The SMILES string of the molecule is Cc1cc(C)c2cc(C(c3nnnn3CC3CCCO3)N(C)C3CCCCC3)c(=O)[nH]c2c1. The standard InChI is InChI=1S/C25H34N6O2/c1-16-12-17(2)20-14-21(25(32)26-22(20)13-16)23(30(3)18-8-5-4-6-9-18)24-27-28-29-31(24)15-19-10-7-11-33-19/h12-14,18-19,23H,4-11,15H2,1-3H3,(H,26,32). The lowest BCUT2D eigenvalue weighted by atomic mass is 9.92. The number of pyridine rings is 1. The van der Waals surface area contributed by atoms with Crippen molar-refractivity contribution in [2.45, 2.75) is 83.5 Å². The van der Waals surface area contributed by atoms with Crippen LogP contribution in [0.4, 0.5) is 0 Å². The lowest BCUT2D eigenvalue weighted by molar-refractivity contribution is 0.0894. The molecule has 176 valence electrons. The second kappa shape index (κ2) is 9.35. The van der Waals surface area contributed by atoms with E-state index in [1.165, 1.54) is 19.3 Å². The molecule has 0 bridgehead atoms. The molecular formula is C25H34N6O2. The van der Waals surface area contributed by atoms with E-state index in [2.05, 4.69) is 58.4 Å². The number of hydrogen-bond donors (Lipinski definition) is 1. The van der Waals surface area contributed by atoms with Crippen molar-refractivity contribution in [1.29, 1.82) is 0 Å². The highest BCUT2D eigenvalue weighted by Crippen LogP contribution is 2.33. The number of tetrazole rings is 1. The highest BCUT2D eigenvalue weighted by atomic mass is 16.5. The van der Waals surface area contributed by atoms with Gasteiger partial charge in [0.2, 0.25) is 0 Å². The van der Waals surface area contributed by atoms with Gasteiger partial charge in [-0.15, -0.1) is 5.10 Å². The molecule has 1 aliphatic heterocycles. The van der Waals surface area contributed by atoms with E-state index >= 15 is 0 Å². The molecule has 3 aromatic rings. The van der Waals surface area contributed by atoms with Crippen LogP contribution in [0, 0.1) is 13.8 Å². The minimum atomic E-state index is -0.321. The molecule has 3 heterocycles. The Labute approximate surface area is 194 Å². The van der Waals surface area contributed by atoms with Gasteiger partial charge in [-0.2, -0.15) is 0 Å². The summed E-state index contributed by atoms with van der Waals surface area (Å²) in [7, 11) is 2.12. The minimum absolute atomic E-state index is 0.0770. The predicted molar refractivity (Wildman–Crippen MR) is 127 cm³/mol. The monoisotopic (exact) mass is 450 g/mol. The van der Waals surface area contributed by atoms with Crippen LogP contribution in [0.15, 0.2) is 23.0 Å². The van der Waals surface area contributed by atoms with E-state index < -0.39 is 0 Å². The molecule has 2 atom stereocenters. The van der Waals surface area contributed by atoms with Gasteiger partial charge in [0.15, 0.2) is 5.82 Å². The van der Waals surface area contributed by atoms with Gasteiger partial charge in [-0.25, -0.2) is 4.68 Å². The Morgan fingerprint density at radius 2 is 1.97 bits per heavy atom. The minimum Gasteiger partial charge on any atom is -0.376 e. The number of benzene rings is 1. The Morgan fingerprint density at radius 3 is 2.73 bits per heavy atom. The molecule has 0 amide bonds. The molecule has 8 heteroatoms. The van der Waals surface area contributed by atoms with Gasteiger partial charge >= 0.3 is 0 Å². The molecule has 2 aromatic heterocycles. The van der Waals surface area contributed by atoms with E-state index in [0.29, 0.717) is 24.0 Å². The van der Waals surface area contributed by atoms with E-state index in [4.69, 9.17) is 4.74 Å². The molecular weight excluding hydrogens is 416 g/mol. The molecule has 0 radical (unpaired) electrons. The van der Waals surface area contributed by atoms with Gasteiger partial charge in [0.25, 0.3) is 5.56 Å². The van der Waals surface area contributed by atoms with E-state index in [-0.39, 0.29) is 17.7 Å². The smallest absolute Gasteiger partial charge is 0.253 e. The number of H-pyrrole nitrogens is 1. The molecule has 0 spiro atoms. The summed E-state index contributed by atoms with van der Waals surface area (Å²) in [5.41, 5.74) is 3.79. The average molecular weight is 451 g/mol. The number of aromatic nitrogens is 5. The molecule has 1 N–H and O–H groups in total. The molecule has 33 heavy (non-hydrogen) atoms. The Morgan fingerprint density at radius 1 is 1.15 bits per heavy atom. The number of nitrogens with zero attached hydrogens (tertiary/aromatic N) is 5. The van der Waals surface area contributed by atoms with Crippen LogP contribution in [-0.2, 0) is 11.3 Å². The van der Waals surface area contributed by atoms with Gasteiger partial charge in [-0.1, -0.05) is 25.3 Å². The summed E-state index contributed by atoms with van der Waals surface area (Å²) in [5.74, 6) is 0.716. The first-order valence-electron chi connectivity index (χ1n) is 12.2. The lowest BCUT2D eigenvalue weighted by Crippen LogP contribution is -2.40. The molecule has 1 aliphatic carbocycles. The zero-order valence-corrected chi connectivity index (χ0v) is 19.9. The summed E-state index contributed by atoms with van der Waals surface area (Å²) >= 11 is 0. The van der Waals surface area contributed by atoms with E-state index in [1.807, 2.05) is 10.7 Å². The Kier molecular flexibility index (Phi) is 6.29. The third kappa shape index (κ3) is 4.46. The normalized spacial score (nSPS) is 20.7. The zero-order valence-electron chi connectivity index (χ0n) is 19.9. The summed E-state index contributed by atoms with van der Waals surface area (Å²) in [6.45, 7) is 5.55. The van der Waals surface area contributed by atoms with Crippen LogP contribution in [0.5, 0.6) is 0 Å². The van der Waals surface area contributed by atoms with Crippen molar-refractivity contribution in [2.24, 2.45) is 0 Å². The maximum atomic E-state index is 13.5. The van der Waals surface area contributed by atoms with Gasteiger partial charge in [-0.3, -0.25) is 9.69 Å². The number of fused-ring (bicyclic) bond motifs is 1. The van der Waals surface area contributed by atoms with Crippen molar-refractivity contribution in [3.8, 4) is 0 Å². The maximum absolute atomic E-state index is 13.5. The lowest BCUT2D eigenvalue weighted by Gasteiger charge is -2.36. The molecule has 8 nitrogen and oxygen atoms in total. The molecule has 1 aromatic carbocycles. The van der Waals surface area contributed by atoms with Gasteiger partial charge in [-0.05, 0) is 80.3 Å². The molecule has 5 rings (SSSR count). The fourth-order valence-electron chi connectivity index (χ4n) is 5.65. The van der Waals surface area contributed by atoms with E-state index in [9.17, 15) is 4.79 Å². The van der Waals surface area contributed by atoms with Gasteiger partial charge in [0.1, 0.15) is 6.04 Å². The fraction of sp³-hybridized carbons (Fsp3) is 0.600. The van der Waals surface area contributed by atoms with Crippen LogP contribution in [-0.4, -0.2) is 55.9 Å². The first-order chi connectivity index (χ1) is 16.0. The largest absolute Gasteiger partial charge is 0.376 e. The third-order valence-corrected chi connectivity index (χ3v) is 7.40. The molecule has 1 saturated carbocycles. The van der Waals surface area contributed by atoms with Gasteiger partial charge < -0.3 is 9.72 Å². The maximum Gasteiger partial charge on any atom is 0.253 e. The van der Waals surface area contributed by atoms with E-state index in [0.717, 1.165) is 54.3 Å². The Balaban J connectivity index is 1.61. The zero-order chi connectivity index (χ0) is 22.9. The number of rotatable bonds is 6. The number of nitrogens with one attached hydrogen (secondary N) is 1. The van der Waals surface area contributed by atoms with Crippen LogP contribution in [0.1, 0.15) is 73.5 Å². The van der Waals surface area contributed by atoms with Crippen molar-refractivity contribution < 1.29 is 4.74 Å². The third-order valence-electron chi connectivity index (χ3n) is 7.40. The van der Waals surface area contributed by atoms with Crippen molar-refractivity contribution >= 4 is 10.9 Å². The number of ether oxygens (including phenoxy) is 1. The highest BCUT2D eigenvalue weighted by molar-refractivity contribution is 5.83. The Hall–Kier alpha value is -2.58. The molecule has 2 aliphatic rings. The van der Waals surface area contributed by atoms with Crippen molar-refractivity contribution in [3.05, 3.63) is 51.1 Å². The van der Waals surface area contributed by atoms with Crippen molar-refractivity contribution in [3.63, 3.8) is 0 Å². The summed E-state index contributed by atoms with van der Waals surface area (Å²) in [5, 5.41) is 13.9. The first kappa shape index (κ1) is 22.2. The molecule has 2 fully saturated rings. The topological polar surface area (TPSA) is 88.9 Å². The van der Waals surface area contributed by atoms with Gasteiger partial charge in [0.05, 0.1) is 12.6 Å². The molecule has 1 saturated heterocycles. The summed E-state index contributed by atoms with van der Waals surface area (Å²) in [4.78, 5) is 18.9. The van der Waals surface area contributed by atoms with Crippen molar-refractivity contribution in [1.82, 2.24) is 30.1 Å². The number of aromatic amines is 1. The second-order valence-corrected chi connectivity index (χ2v) is 9.81. The molecule has 2 unspecified atom stereocenters. The van der Waals surface area contributed by atoms with Crippen LogP contribution < -0.4 is 5.56 Å². The number of aryl methyl sites for hydroxylation is 2. The summed E-state index contributed by atoms with van der Waals surface area (Å²) in [6.07, 6.45) is 8.17. The summed E-state index contributed by atoms with van der Waals surface area (Å²) in [6, 6.07) is 6.32. The van der Waals surface area contributed by atoms with Gasteiger partial charge in [0, 0.05) is 29.1 Å². The fourth-order valence-corrected chi connectivity index (χ4v) is 5.65. The second-order valence-electron chi connectivity index (χ2n) is 9.81. The highest BCUT2D eigenvalue weighted by Gasteiger charge is 2.33. The van der Waals surface area contributed by atoms with Crippen LogP contribution >= 0.6 is 0 Å². The summed E-state index contributed by atoms with van der Waals surface area (Å²) < 4.78 is 7.71. The van der Waals surface area contributed by atoms with Crippen LogP contribution in [0.25, 0.3) is 10.9 Å². The van der Waals surface area contributed by atoms with E-state index in [1.54, 1.807) is 0 Å². The number of hydrogen-bond acceptors (Lipinski definition) is 6. The van der Waals surface area contributed by atoms with Crippen LogP contribution in [0.3, 0.4) is 0 Å². The first-order valence-corrected chi connectivity index (χ1v) is 12.2. The Bertz CT molecular complexity index is 1170.